The molecule has 3 rings (SSSR count). The van der Waals surface area contributed by atoms with Gasteiger partial charge in [-0.15, -0.1) is 0 Å². The molecule has 0 aliphatic carbocycles. The van der Waals surface area contributed by atoms with Crippen LogP contribution in [0.3, 0.4) is 0 Å². The molecule has 1 saturated heterocycles. The van der Waals surface area contributed by atoms with E-state index >= 15 is 0 Å². The average Bonchev–Trinajstić information content (AvgIpc) is 2.98. The zero-order valence-electron chi connectivity index (χ0n) is 13.6. The number of hydrogen-bond donors (Lipinski definition) is 0. The van der Waals surface area contributed by atoms with E-state index in [1.807, 2.05) is 0 Å². The highest BCUT2D eigenvalue weighted by molar-refractivity contribution is 6.30. The van der Waals surface area contributed by atoms with Gasteiger partial charge >= 0.3 is 5.97 Å². The third-order valence-corrected chi connectivity index (χ3v) is 4.33. The van der Waals surface area contributed by atoms with E-state index in [2.05, 4.69) is 0 Å². The van der Waals surface area contributed by atoms with Gasteiger partial charge in [-0.2, -0.15) is 0 Å². The maximum atomic E-state index is 12.4. The number of Topliss-reactive ketones (excluding diaryl/α,β-unsaturated/α-hetero) is 1. The third kappa shape index (κ3) is 3.72. The van der Waals surface area contributed by atoms with Crippen molar-refractivity contribution in [3.05, 3.63) is 59.1 Å². The second-order valence-corrected chi connectivity index (χ2v) is 6.29. The van der Waals surface area contributed by atoms with Crippen LogP contribution in [0.15, 0.2) is 48.5 Å². The number of rotatable bonds is 4. The fourth-order valence-corrected chi connectivity index (χ4v) is 2.90. The van der Waals surface area contributed by atoms with E-state index in [0.717, 1.165) is 0 Å². The molecule has 1 fully saturated rings. The maximum absolute atomic E-state index is 12.4. The molecule has 0 bridgehead atoms. The Kier molecular flexibility index (Phi) is 4.86. The first kappa shape index (κ1) is 17.2. The topological polar surface area (TPSA) is 63.7 Å². The summed E-state index contributed by atoms with van der Waals surface area (Å²) in [7, 11) is 0. The molecular weight excluding hydrogens is 342 g/mol. The number of ketones is 1. The SMILES string of the molecule is CC(=O)c1ccccc1OC(=O)[C@H]1CC(=O)N(c2ccc(Cl)cc2)C1. The highest BCUT2D eigenvalue weighted by Gasteiger charge is 2.36. The molecule has 128 valence electrons. The predicted octanol–water partition coefficient (Wildman–Crippen LogP) is 3.50. The zero-order chi connectivity index (χ0) is 18.0. The first-order valence-corrected chi connectivity index (χ1v) is 8.21. The molecule has 0 radical (unpaired) electrons. The smallest absolute Gasteiger partial charge is 0.316 e. The van der Waals surface area contributed by atoms with Crippen LogP contribution in [-0.2, 0) is 9.59 Å². The van der Waals surface area contributed by atoms with E-state index in [4.69, 9.17) is 16.3 Å². The van der Waals surface area contributed by atoms with Crippen molar-refractivity contribution in [1.29, 1.82) is 0 Å². The van der Waals surface area contributed by atoms with Gasteiger partial charge in [-0.05, 0) is 43.3 Å². The molecule has 2 aromatic carbocycles. The number of amides is 1. The van der Waals surface area contributed by atoms with E-state index in [9.17, 15) is 14.4 Å². The van der Waals surface area contributed by atoms with Crippen molar-refractivity contribution in [3.63, 3.8) is 0 Å². The monoisotopic (exact) mass is 357 g/mol. The van der Waals surface area contributed by atoms with E-state index in [-0.39, 0.29) is 30.4 Å². The van der Waals surface area contributed by atoms with Gasteiger partial charge in [0.05, 0.1) is 11.5 Å². The molecule has 1 heterocycles. The normalized spacial score (nSPS) is 16.8. The van der Waals surface area contributed by atoms with Crippen LogP contribution >= 0.6 is 11.6 Å². The van der Waals surface area contributed by atoms with Crippen molar-refractivity contribution >= 4 is 34.9 Å². The van der Waals surface area contributed by atoms with Gasteiger partial charge in [0.1, 0.15) is 5.75 Å². The van der Waals surface area contributed by atoms with Gasteiger partial charge in [-0.1, -0.05) is 23.7 Å². The quantitative estimate of drug-likeness (QED) is 0.477. The number of carbonyl (C=O) groups excluding carboxylic acids is 3. The first-order valence-electron chi connectivity index (χ1n) is 7.83. The highest BCUT2D eigenvalue weighted by Crippen LogP contribution is 2.28. The minimum Gasteiger partial charge on any atom is -0.425 e. The number of carbonyl (C=O) groups is 3. The number of hydrogen-bond acceptors (Lipinski definition) is 4. The summed E-state index contributed by atoms with van der Waals surface area (Å²) in [5, 5.41) is 0.576. The first-order chi connectivity index (χ1) is 12.0. The third-order valence-electron chi connectivity index (χ3n) is 4.07. The van der Waals surface area contributed by atoms with Crippen LogP contribution in [-0.4, -0.2) is 24.2 Å². The fraction of sp³-hybridized carbons (Fsp3) is 0.211. The summed E-state index contributed by atoms with van der Waals surface area (Å²) in [6, 6.07) is 13.4. The Labute approximate surface area is 150 Å². The molecule has 1 atom stereocenters. The van der Waals surface area contributed by atoms with E-state index in [1.54, 1.807) is 53.4 Å². The molecule has 25 heavy (non-hydrogen) atoms. The molecule has 6 heteroatoms. The number of para-hydroxylation sites is 1. The molecule has 0 N–H and O–H groups in total. The van der Waals surface area contributed by atoms with Crippen LogP contribution in [0.4, 0.5) is 5.69 Å². The van der Waals surface area contributed by atoms with E-state index in [1.165, 1.54) is 6.92 Å². The largest absolute Gasteiger partial charge is 0.425 e. The van der Waals surface area contributed by atoms with Crippen molar-refractivity contribution in [2.75, 3.05) is 11.4 Å². The van der Waals surface area contributed by atoms with Crippen molar-refractivity contribution in [2.45, 2.75) is 13.3 Å². The summed E-state index contributed by atoms with van der Waals surface area (Å²) in [6.45, 7) is 1.65. The number of nitrogens with zero attached hydrogens (tertiary/aromatic N) is 1. The molecule has 1 aliphatic rings. The lowest BCUT2D eigenvalue weighted by Gasteiger charge is -2.16. The predicted molar refractivity (Wildman–Crippen MR) is 94.0 cm³/mol. The zero-order valence-corrected chi connectivity index (χ0v) is 14.3. The Morgan fingerprint density at radius 3 is 2.48 bits per heavy atom. The van der Waals surface area contributed by atoms with Gasteiger partial charge in [0, 0.05) is 23.7 Å². The number of esters is 1. The second-order valence-electron chi connectivity index (χ2n) is 5.86. The van der Waals surface area contributed by atoms with Crippen LogP contribution in [0.5, 0.6) is 5.75 Å². The minimum atomic E-state index is -0.580. The lowest BCUT2D eigenvalue weighted by atomic mass is 10.1. The summed E-state index contributed by atoms with van der Waals surface area (Å²) in [4.78, 5) is 37.8. The minimum absolute atomic E-state index is 0.0731. The summed E-state index contributed by atoms with van der Waals surface area (Å²) >= 11 is 5.86. The van der Waals surface area contributed by atoms with Gasteiger partial charge in [-0.25, -0.2) is 0 Å². The summed E-state index contributed by atoms with van der Waals surface area (Å²) in [5.41, 5.74) is 1.03. The van der Waals surface area contributed by atoms with Gasteiger partial charge in [0.2, 0.25) is 5.91 Å². The molecule has 0 unspecified atom stereocenters. The number of anilines is 1. The van der Waals surface area contributed by atoms with Crippen LogP contribution in [0.2, 0.25) is 5.02 Å². The molecule has 0 saturated carbocycles. The average molecular weight is 358 g/mol. The lowest BCUT2D eigenvalue weighted by molar-refractivity contribution is -0.139. The molecule has 5 nitrogen and oxygen atoms in total. The Hall–Kier alpha value is -2.66. The van der Waals surface area contributed by atoms with Gasteiger partial charge in [0.25, 0.3) is 0 Å². The van der Waals surface area contributed by atoms with Gasteiger partial charge < -0.3 is 9.64 Å². The summed E-state index contributed by atoms with van der Waals surface area (Å²) < 4.78 is 5.38. The fourth-order valence-electron chi connectivity index (χ4n) is 2.77. The Balaban J connectivity index is 1.73. The van der Waals surface area contributed by atoms with Crippen molar-refractivity contribution in [1.82, 2.24) is 0 Å². The van der Waals surface area contributed by atoms with Crippen molar-refractivity contribution in [2.24, 2.45) is 5.92 Å². The summed E-state index contributed by atoms with van der Waals surface area (Å²) in [6.07, 6.45) is 0.0731. The number of halogens is 1. The molecule has 1 amide bonds. The molecule has 2 aromatic rings. The molecular formula is C19H16ClNO4. The lowest BCUT2D eigenvalue weighted by Crippen LogP contribution is -2.27. The Morgan fingerprint density at radius 1 is 1.12 bits per heavy atom. The van der Waals surface area contributed by atoms with E-state index < -0.39 is 11.9 Å². The van der Waals surface area contributed by atoms with Crippen molar-refractivity contribution in [3.8, 4) is 5.75 Å². The highest BCUT2D eigenvalue weighted by atomic mass is 35.5. The van der Waals surface area contributed by atoms with Crippen LogP contribution < -0.4 is 9.64 Å². The standard InChI is InChI=1S/C19H16ClNO4/c1-12(22)16-4-2-3-5-17(16)25-19(24)13-10-18(23)21(11-13)15-8-6-14(20)7-9-15/h2-9,13H,10-11H2,1H3/t13-/m0/s1. The molecule has 0 aromatic heterocycles. The van der Waals surface area contributed by atoms with Crippen LogP contribution in [0.25, 0.3) is 0 Å². The van der Waals surface area contributed by atoms with E-state index in [0.29, 0.717) is 16.3 Å². The molecule has 0 spiro atoms. The van der Waals surface area contributed by atoms with Crippen LogP contribution in [0.1, 0.15) is 23.7 Å². The molecule has 1 aliphatic heterocycles. The summed E-state index contributed by atoms with van der Waals surface area (Å²) in [5.74, 6) is -1.21. The van der Waals surface area contributed by atoms with Crippen LogP contribution in [0, 0.1) is 5.92 Å². The number of benzene rings is 2. The maximum Gasteiger partial charge on any atom is 0.316 e. The van der Waals surface area contributed by atoms with Crippen molar-refractivity contribution < 1.29 is 19.1 Å². The Morgan fingerprint density at radius 2 is 1.80 bits per heavy atom. The second kappa shape index (κ2) is 7.07. The number of ether oxygens (including phenoxy) is 1. The Bertz CT molecular complexity index is 832. The van der Waals surface area contributed by atoms with Gasteiger partial charge in [-0.3, -0.25) is 14.4 Å². The van der Waals surface area contributed by atoms with Gasteiger partial charge in [0.15, 0.2) is 5.78 Å².